The van der Waals surface area contributed by atoms with Gasteiger partial charge in [-0.2, -0.15) is 11.8 Å². The quantitative estimate of drug-likeness (QED) is 0.654. The van der Waals surface area contributed by atoms with Crippen LogP contribution >= 0.6 is 11.8 Å². The van der Waals surface area contributed by atoms with Crippen LogP contribution in [0.25, 0.3) is 0 Å². The molecule has 5 nitrogen and oxygen atoms in total. The maximum Gasteiger partial charge on any atom is 0.324 e. The molecular weight excluding hydrogens is 250 g/mol. The molecule has 1 atom stereocenters. The topological polar surface area (TPSA) is 72.5 Å². The smallest absolute Gasteiger partial charge is 0.324 e. The van der Waals surface area contributed by atoms with Gasteiger partial charge in [0.05, 0.1) is 12.4 Å². The number of hydrogen-bond donors (Lipinski definition) is 1. The van der Waals surface area contributed by atoms with Crippen molar-refractivity contribution in [2.45, 2.75) is 26.3 Å². The Morgan fingerprint density at radius 1 is 1.44 bits per heavy atom. The van der Waals surface area contributed by atoms with Crippen LogP contribution in [-0.2, 0) is 19.6 Å². The molecule has 16 heavy (non-hydrogen) atoms. The summed E-state index contributed by atoms with van der Waals surface area (Å²) >= 11 is 1.56. The lowest BCUT2D eigenvalue weighted by Crippen LogP contribution is -2.42. The Balaban J connectivity index is 4.48. The number of carbonyl (C=O) groups is 1. The van der Waals surface area contributed by atoms with E-state index >= 15 is 0 Å². The van der Waals surface area contributed by atoms with E-state index in [9.17, 15) is 13.2 Å². The second kappa shape index (κ2) is 7.92. The van der Waals surface area contributed by atoms with Gasteiger partial charge in [0.15, 0.2) is 0 Å². The van der Waals surface area contributed by atoms with Crippen LogP contribution < -0.4 is 4.72 Å². The summed E-state index contributed by atoms with van der Waals surface area (Å²) in [5, 5.41) is 0. The van der Waals surface area contributed by atoms with Gasteiger partial charge in [-0.25, -0.2) is 13.1 Å². The molecule has 0 aliphatic heterocycles. The van der Waals surface area contributed by atoms with E-state index in [0.717, 1.165) is 0 Å². The zero-order valence-corrected chi connectivity index (χ0v) is 11.5. The minimum absolute atomic E-state index is 0.0395. The lowest BCUT2D eigenvalue weighted by atomic mass is 10.2. The largest absolute Gasteiger partial charge is 0.465 e. The Bertz CT molecular complexity index is 303. The summed E-state index contributed by atoms with van der Waals surface area (Å²) in [6.07, 6.45) is 2.34. The van der Waals surface area contributed by atoms with Crippen molar-refractivity contribution in [3.05, 3.63) is 0 Å². The minimum Gasteiger partial charge on any atom is -0.465 e. The fourth-order valence-corrected chi connectivity index (χ4v) is 2.29. The molecule has 0 spiro atoms. The Morgan fingerprint density at radius 2 is 2.06 bits per heavy atom. The molecule has 0 saturated carbocycles. The molecule has 0 aliphatic rings. The minimum atomic E-state index is -3.37. The zero-order valence-electron chi connectivity index (χ0n) is 9.86. The predicted octanol–water partition coefficient (Wildman–Crippen LogP) is 0.611. The summed E-state index contributed by atoms with van der Waals surface area (Å²) in [4.78, 5) is 11.5. The summed E-state index contributed by atoms with van der Waals surface area (Å²) < 4.78 is 29.9. The first-order chi connectivity index (χ1) is 7.46. The second-order valence-corrected chi connectivity index (χ2v) is 6.14. The molecule has 0 rings (SSSR count). The molecule has 1 N–H and O–H groups in total. The highest BCUT2D eigenvalue weighted by Gasteiger charge is 2.23. The maximum absolute atomic E-state index is 11.5. The highest BCUT2D eigenvalue weighted by atomic mass is 32.2. The summed E-state index contributed by atoms with van der Waals surface area (Å²) in [6.45, 7) is 3.47. The van der Waals surface area contributed by atoms with Crippen LogP contribution in [0.1, 0.15) is 20.3 Å². The molecule has 0 aromatic heterocycles. The fourth-order valence-electron chi connectivity index (χ4n) is 1.00. The van der Waals surface area contributed by atoms with Crippen LogP contribution in [0.3, 0.4) is 0 Å². The molecule has 0 aliphatic carbocycles. The molecule has 0 heterocycles. The van der Waals surface area contributed by atoms with E-state index in [1.165, 1.54) is 6.92 Å². The van der Waals surface area contributed by atoms with Gasteiger partial charge in [0.1, 0.15) is 6.04 Å². The van der Waals surface area contributed by atoms with Crippen LogP contribution in [0.2, 0.25) is 0 Å². The molecule has 0 radical (unpaired) electrons. The molecule has 0 aromatic rings. The van der Waals surface area contributed by atoms with E-state index in [2.05, 4.69) is 4.72 Å². The van der Waals surface area contributed by atoms with E-state index in [1.54, 1.807) is 18.7 Å². The first kappa shape index (κ1) is 15.7. The van der Waals surface area contributed by atoms with Gasteiger partial charge in [-0.05, 0) is 32.3 Å². The highest BCUT2D eigenvalue weighted by Crippen LogP contribution is 2.04. The maximum atomic E-state index is 11.5. The Hall–Kier alpha value is -0.270. The Labute approximate surface area is 101 Å². The molecule has 0 amide bonds. The lowest BCUT2D eigenvalue weighted by Gasteiger charge is -2.16. The average Bonchev–Trinajstić information content (AvgIpc) is 2.24. The van der Waals surface area contributed by atoms with Gasteiger partial charge in [0, 0.05) is 0 Å². The van der Waals surface area contributed by atoms with E-state index in [1.807, 2.05) is 6.26 Å². The lowest BCUT2D eigenvalue weighted by molar-refractivity contribution is -0.145. The summed E-state index contributed by atoms with van der Waals surface area (Å²) in [5.41, 5.74) is 0. The number of hydrogen-bond acceptors (Lipinski definition) is 5. The highest BCUT2D eigenvalue weighted by molar-refractivity contribution is 7.98. The van der Waals surface area contributed by atoms with Gasteiger partial charge in [-0.1, -0.05) is 0 Å². The van der Waals surface area contributed by atoms with Crippen molar-refractivity contribution in [3.63, 3.8) is 0 Å². The van der Waals surface area contributed by atoms with E-state index in [4.69, 9.17) is 4.74 Å². The van der Waals surface area contributed by atoms with Gasteiger partial charge in [-0.15, -0.1) is 0 Å². The predicted molar refractivity (Wildman–Crippen MR) is 66.0 cm³/mol. The first-order valence-electron chi connectivity index (χ1n) is 5.12. The van der Waals surface area contributed by atoms with Gasteiger partial charge < -0.3 is 4.74 Å². The van der Waals surface area contributed by atoms with Crippen molar-refractivity contribution >= 4 is 27.8 Å². The van der Waals surface area contributed by atoms with Crippen LogP contribution in [0.15, 0.2) is 0 Å². The third kappa shape index (κ3) is 6.34. The van der Waals surface area contributed by atoms with Gasteiger partial charge in [0.2, 0.25) is 10.0 Å². The SMILES string of the molecule is CCOC(=O)C(CCSC)NS(=O)(=O)CC. The van der Waals surface area contributed by atoms with Crippen molar-refractivity contribution in [2.75, 3.05) is 24.4 Å². The van der Waals surface area contributed by atoms with Crippen molar-refractivity contribution in [3.8, 4) is 0 Å². The Kier molecular flexibility index (Phi) is 7.78. The van der Waals surface area contributed by atoms with Crippen LogP contribution in [0.5, 0.6) is 0 Å². The Morgan fingerprint density at radius 3 is 2.50 bits per heavy atom. The van der Waals surface area contributed by atoms with Crippen LogP contribution in [-0.4, -0.2) is 44.8 Å². The van der Waals surface area contributed by atoms with Gasteiger partial charge in [0.25, 0.3) is 0 Å². The van der Waals surface area contributed by atoms with Crippen molar-refractivity contribution < 1.29 is 17.9 Å². The van der Waals surface area contributed by atoms with Crippen LogP contribution in [0.4, 0.5) is 0 Å². The summed E-state index contributed by atoms with van der Waals surface area (Å²) in [5.74, 6) is 0.159. The second-order valence-electron chi connectivity index (χ2n) is 3.11. The van der Waals surface area contributed by atoms with Gasteiger partial charge >= 0.3 is 5.97 Å². The molecule has 7 heteroatoms. The van der Waals surface area contributed by atoms with Crippen molar-refractivity contribution in [2.24, 2.45) is 0 Å². The number of thioether (sulfide) groups is 1. The monoisotopic (exact) mass is 269 g/mol. The molecule has 0 fully saturated rings. The number of ether oxygens (including phenoxy) is 1. The molecule has 96 valence electrons. The third-order valence-corrected chi connectivity index (χ3v) is 3.93. The van der Waals surface area contributed by atoms with Crippen molar-refractivity contribution in [1.29, 1.82) is 0 Å². The molecule has 0 aromatic carbocycles. The molecule has 1 unspecified atom stereocenters. The van der Waals surface area contributed by atoms with Gasteiger partial charge in [-0.3, -0.25) is 4.79 Å². The van der Waals surface area contributed by atoms with E-state index < -0.39 is 22.0 Å². The fraction of sp³-hybridized carbons (Fsp3) is 0.889. The average molecular weight is 269 g/mol. The normalized spacial score (nSPS) is 13.4. The number of sulfonamides is 1. The number of rotatable bonds is 8. The van der Waals surface area contributed by atoms with E-state index in [0.29, 0.717) is 12.2 Å². The zero-order chi connectivity index (χ0) is 12.6. The standard InChI is InChI=1S/C9H19NO4S2/c1-4-14-9(11)8(6-7-15-3)10-16(12,13)5-2/h8,10H,4-7H2,1-3H3. The third-order valence-electron chi connectivity index (χ3n) is 1.88. The molecule has 0 saturated heterocycles. The molecule has 0 bridgehead atoms. The number of carbonyl (C=O) groups excluding carboxylic acids is 1. The van der Waals surface area contributed by atoms with E-state index in [-0.39, 0.29) is 12.4 Å². The number of nitrogens with one attached hydrogen (secondary N) is 1. The summed E-state index contributed by atoms with van der Waals surface area (Å²) in [6, 6.07) is -0.766. The summed E-state index contributed by atoms with van der Waals surface area (Å²) in [7, 11) is -3.37. The molecular formula is C9H19NO4S2. The van der Waals surface area contributed by atoms with Crippen molar-refractivity contribution in [1.82, 2.24) is 4.72 Å². The first-order valence-corrected chi connectivity index (χ1v) is 8.17. The number of esters is 1. The van der Waals surface area contributed by atoms with Crippen LogP contribution in [0, 0.1) is 0 Å².